The Morgan fingerprint density at radius 3 is 2.86 bits per heavy atom. The van der Waals surface area contributed by atoms with E-state index in [9.17, 15) is 10.1 Å². The van der Waals surface area contributed by atoms with Crippen molar-refractivity contribution in [1.82, 2.24) is 0 Å². The van der Waals surface area contributed by atoms with Crippen molar-refractivity contribution in [2.75, 3.05) is 5.75 Å². The second-order valence-corrected chi connectivity index (χ2v) is 3.79. The molecular formula is C9H8N2O2S. The van der Waals surface area contributed by atoms with Gasteiger partial charge in [0.2, 0.25) is 0 Å². The van der Waals surface area contributed by atoms with Crippen LogP contribution >= 0.6 is 11.8 Å². The highest BCUT2D eigenvalue weighted by atomic mass is 32.2. The van der Waals surface area contributed by atoms with Gasteiger partial charge in [0, 0.05) is 17.0 Å². The molecule has 0 fully saturated rings. The fourth-order valence-corrected chi connectivity index (χ4v) is 1.78. The van der Waals surface area contributed by atoms with Crippen molar-refractivity contribution < 1.29 is 4.92 Å². The van der Waals surface area contributed by atoms with Crippen molar-refractivity contribution in [3.63, 3.8) is 0 Å². The predicted octanol–water partition coefficient (Wildman–Crippen LogP) is 2.58. The zero-order chi connectivity index (χ0) is 10.6. The van der Waals surface area contributed by atoms with Gasteiger partial charge in [0.1, 0.15) is 6.07 Å². The van der Waals surface area contributed by atoms with Crippen molar-refractivity contribution in [2.45, 2.75) is 11.8 Å². The zero-order valence-electron chi connectivity index (χ0n) is 7.56. The molecule has 0 saturated carbocycles. The maximum atomic E-state index is 10.5. The van der Waals surface area contributed by atoms with Crippen LogP contribution in [0, 0.1) is 21.4 Å². The summed E-state index contributed by atoms with van der Waals surface area (Å²) in [6.07, 6.45) is 0. The molecule has 0 aliphatic rings. The number of nitro benzene ring substituents is 1. The van der Waals surface area contributed by atoms with Gasteiger partial charge in [-0.2, -0.15) is 5.26 Å². The highest BCUT2D eigenvalue weighted by Gasteiger charge is 2.09. The van der Waals surface area contributed by atoms with Crippen molar-refractivity contribution >= 4 is 17.4 Å². The lowest BCUT2D eigenvalue weighted by Crippen LogP contribution is -1.90. The van der Waals surface area contributed by atoms with Crippen LogP contribution in [-0.4, -0.2) is 10.7 Å². The highest BCUT2D eigenvalue weighted by molar-refractivity contribution is 7.99. The number of non-ortho nitro benzene ring substituents is 1. The van der Waals surface area contributed by atoms with E-state index in [1.807, 2.05) is 13.0 Å². The number of benzene rings is 1. The summed E-state index contributed by atoms with van der Waals surface area (Å²) in [7, 11) is 0. The maximum Gasteiger partial charge on any atom is 0.270 e. The largest absolute Gasteiger partial charge is 0.270 e. The molecule has 0 aromatic heterocycles. The Kier molecular flexibility index (Phi) is 3.48. The number of thioether (sulfide) groups is 1. The SMILES string of the molecule is CCSc1cc([N+](=O)[O-])ccc1C#N. The third-order valence-corrected chi connectivity index (χ3v) is 2.53. The van der Waals surface area contributed by atoms with Crippen LogP contribution in [0.5, 0.6) is 0 Å². The van der Waals surface area contributed by atoms with E-state index in [1.54, 1.807) is 0 Å². The van der Waals surface area contributed by atoms with Crippen molar-refractivity contribution in [3.8, 4) is 6.07 Å². The fraction of sp³-hybridized carbons (Fsp3) is 0.222. The summed E-state index contributed by atoms with van der Waals surface area (Å²) in [4.78, 5) is 10.7. The monoisotopic (exact) mass is 208 g/mol. The normalized spacial score (nSPS) is 9.43. The Labute approximate surface area is 85.7 Å². The third kappa shape index (κ3) is 2.24. The minimum Gasteiger partial charge on any atom is -0.258 e. The molecule has 4 nitrogen and oxygen atoms in total. The minimum absolute atomic E-state index is 0.0277. The van der Waals surface area contributed by atoms with Crippen LogP contribution in [0.4, 0.5) is 5.69 Å². The molecule has 1 aromatic rings. The molecule has 0 spiro atoms. The van der Waals surface area contributed by atoms with Crippen LogP contribution < -0.4 is 0 Å². The summed E-state index contributed by atoms with van der Waals surface area (Å²) in [5.74, 6) is 0.788. The van der Waals surface area contributed by atoms with Crippen molar-refractivity contribution in [1.29, 1.82) is 5.26 Å². The summed E-state index contributed by atoms with van der Waals surface area (Å²) in [5.41, 5.74) is 0.516. The quantitative estimate of drug-likeness (QED) is 0.435. The number of hydrogen-bond acceptors (Lipinski definition) is 4. The van der Waals surface area contributed by atoms with Gasteiger partial charge in [0.05, 0.1) is 10.5 Å². The molecular weight excluding hydrogens is 200 g/mol. The molecule has 0 unspecified atom stereocenters. The molecule has 0 aliphatic carbocycles. The van der Waals surface area contributed by atoms with E-state index in [2.05, 4.69) is 0 Å². The molecule has 0 N–H and O–H groups in total. The lowest BCUT2D eigenvalue weighted by Gasteiger charge is -2.00. The Hall–Kier alpha value is -1.54. The second kappa shape index (κ2) is 4.63. The summed E-state index contributed by atoms with van der Waals surface area (Å²) in [5, 5.41) is 19.2. The van der Waals surface area contributed by atoms with Gasteiger partial charge in [-0.05, 0) is 11.8 Å². The van der Waals surface area contributed by atoms with E-state index in [0.29, 0.717) is 10.5 Å². The van der Waals surface area contributed by atoms with Gasteiger partial charge in [0.25, 0.3) is 5.69 Å². The van der Waals surface area contributed by atoms with E-state index in [4.69, 9.17) is 5.26 Å². The first kappa shape index (κ1) is 10.5. The summed E-state index contributed by atoms with van der Waals surface area (Å²) < 4.78 is 0. The van der Waals surface area contributed by atoms with Crippen LogP contribution in [-0.2, 0) is 0 Å². The molecule has 1 aromatic carbocycles. The van der Waals surface area contributed by atoms with Crippen LogP contribution in [0.15, 0.2) is 23.1 Å². The molecule has 0 bridgehead atoms. The van der Waals surface area contributed by atoms with E-state index in [0.717, 1.165) is 5.75 Å². The Morgan fingerprint density at radius 2 is 2.36 bits per heavy atom. The van der Waals surface area contributed by atoms with E-state index >= 15 is 0 Å². The molecule has 0 heterocycles. The lowest BCUT2D eigenvalue weighted by molar-refractivity contribution is -0.385. The first-order valence-electron chi connectivity index (χ1n) is 4.00. The first-order valence-corrected chi connectivity index (χ1v) is 4.99. The Morgan fingerprint density at radius 1 is 1.64 bits per heavy atom. The molecule has 0 atom stereocenters. The average Bonchev–Trinajstić information content (AvgIpc) is 2.18. The molecule has 72 valence electrons. The number of nitrogens with zero attached hydrogens (tertiary/aromatic N) is 2. The Balaban J connectivity index is 3.15. The molecule has 0 aliphatic heterocycles. The van der Waals surface area contributed by atoms with Crippen molar-refractivity contribution in [3.05, 3.63) is 33.9 Å². The number of hydrogen-bond donors (Lipinski definition) is 0. The van der Waals surface area contributed by atoms with Gasteiger partial charge < -0.3 is 0 Å². The summed E-state index contributed by atoms with van der Waals surface area (Å²) in [6.45, 7) is 1.94. The van der Waals surface area contributed by atoms with Gasteiger partial charge in [-0.3, -0.25) is 10.1 Å². The molecule has 0 radical (unpaired) electrons. The number of rotatable bonds is 3. The van der Waals surface area contributed by atoms with Crippen LogP contribution in [0.3, 0.4) is 0 Å². The number of nitro groups is 1. The summed E-state index contributed by atoms with van der Waals surface area (Å²) >= 11 is 1.43. The lowest BCUT2D eigenvalue weighted by atomic mass is 10.2. The van der Waals surface area contributed by atoms with Gasteiger partial charge >= 0.3 is 0 Å². The Bertz CT molecular complexity index is 398. The topological polar surface area (TPSA) is 66.9 Å². The van der Waals surface area contributed by atoms with E-state index in [1.165, 1.54) is 30.0 Å². The van der Waals surface area contributed by atoms with Crippen LogP contribution in [0.25, 0.3) is 0 Å². The van der Waals surface area contributed by atoms with E-state index in [-0.39, 0.29) is 5.69 Å². The van der Waals surface area contributed by atoms with Crippen LogP contribution in [0.1, 0.15) is 12.5 Å². The van der Waals surface area contributed by atoms with Gasteiger partial charge in [-0.15, -0.1) is 11.8 Å². The predicted molar refractivity (Wildman–Crippen MR) is 54.2 cm³/mol. The fourth-order valence-electron chi connectivity index (χ4n) is 0.992. The first-order chi connectivity index (χ1) is 6.69. The standard InChI is InChI=1S/C9H8N2O2S/c1-2-14-9-5-8(11(12)13)4-3-7(9)6-10/h3-5H,2H2,1H3. The van der Waals surface area contributed by atoms with Crippen molar-refractivity contribution in [2.24, 2.45) is 0 Å². The second-order valence-electron chi connectivity index (χ2n) is 2.48. The molecule has 0 saturated heterocycles. The smallest absolute Gasteiger partial charge is 0.258 e. The molecule has 14 heavy (non-hydrogen) atoms. The van der Waals surface area contributed by atoms with Gasteiger partial charge in [-0.1, -0.05) is 6.92 Å². The number of nitriles is 1. The summed E-state index contributed by atoms with van der Waals surface area (Å²) in [6, 6.07) is 6.27. The average molecular weight is 208 g/mol. The molecule has 0 amide bonds. The minimum atomic E-state index is -0.457. The maximum absolute atomic E-state index is 10.5. The van der Waals surface area contributed by atoms with E-state index < -0.39 is 4.92 Å². The highest BCUT2D eigenvalue weighted by Crippen LogP contribution is 2.26. The molecule has 1 rings (SSSR count). The van der Waals surface area contributed by atoms with Crippen LogP contribution in [0.2, 0.25) is 0 Å². The zero-order valence-corrected chi connectivity index (χ0v) is 8.37. The van der Waals surface area contributed by atoms with Gasteiger partial charge in [0.15, 0.2) is 0 Å². The third-order valence-electron chi connectivity index (χ3n) is 1.60. The molecule has 5 heteroatoms. The van der Waals surface area contributed by atoms with Gasteiger partial charge in [-0.25, -0.2) is 0 Å².